The Morgan fingerprint density at radius 1 is 1.31 bits per heavy atom. The van der Waals surface area contributed by atoms with Gasteiger partial charge in [-0.15, -0.1) is 0 Å². The second-order valence-corrected chi connectivity index (χ2v) is 5.35. The molecule has 1 aliphatic heterocycles. The zero-order valence-corrected chi connectivity index (χ0v) is 11.0. The Bertz CT molecular complexity index is 236. The molecule has 0 aromatic carbocycles. The number of nitrogens with zero attached hydrogens (tertiary/aromatic N) is 2. The fraction of sp³-hybridized carbons (Fsp3) is 0.923. The third kappa shape index (κ3) is 3.20. The van der Waals surface area contributed by atoms with Crippen LogP contribution in [0.2, 0.25) is 0 Å². The second kappa shape index (κ2) is 6.22. The van der Waals surface area contributed by atoms with Crippen LogP contribution in [-0.4, -0.2) is 38.1 Å². The van der Waals surface area contributed by atoms with Gasteiger partial charge in [-0.3, -0.25) is 0 Å². The molecule has 0 amide bonds. The molecule has 1 fully saturated rings. The van der Waals surface area contributed by atoms with Gasteiger partial charge in [0.25, 0.3) is 0 Å². The summed E-state index contributed by atoms with van der Waals surface area (Å²) in [6, 6.07) is 2.84. The van der Waals surface area contributed by atoms with Crippen molar-refractivity contribution in [2.45, 2.75) is 32.7 Å². The van der Waals surface area contributed by atoms with Crippen molar-refractivity contribution in [1.29, 1.82) is 5.26 Å². The lowest BCUT2D eigenvalue weighted by Crippen LogP contribution is -2.46. The number of nitrogens with one attached hydrogen (secondary N) is 1. The van der Waals surface area contributed by atoms with E-state index in [1.165, 1.54) is 25.9 Å². The summed E-state index contributed by atoms with van der Waals surface area (Å²) in [7, 11) is 4.17. The van der Waals surface area contributed by atoms with Crippen LogP contribution in [0.1, 0.15) is 26.7 Å². The van der Waals surface area contributed by atoms with Gasteiger partial charge in [0.15, 0.2) is 0 Å². The number of hydrogen-bond donors (Lipinski definition) is 1. The van der Waals surface area contributed by atoms with E-state index < -0.39 is 0 Å². The normalized spacial score (nSPS) is 23.0. The Balaban J connectivity index is 2.63. The van der Waals surface area contributed by atoms with Gasteiger partial charge in [-0.05, 0) is 51.9 Å². The summed E-state index contributed by atoms with van der Waals surface area (Å²) in [5.74, 6) is 1.23. The highest BCUT2D eigenvalue weighted by atomic mass is 15.1. The zero-order chi connectivity index (χ0) is 12.1. The molecule has 16 heavy (non-hydrogen) atoms. The van der Waals surface area contributed by atoms with E-state index >= 15 is 0 Å². The van der Waals surface area contributed by atoms with Gasteiger partial charge in [0, 0.05) is 6.04 Å². The van der Waals surface area contributed by atoms with E-state index in [1.54, 1.807) is 0 Å². The Hall–Kier alpha value is -0.590. The van der Waals surface area contributed by atoms with Gasteiger partial charge in [0.1, 0.15) is 0 Å². The molecule has 0 saturated carbocycles. The van der Waals surface area contributed by atoms with Crippen LogP contribution in [-0.2, 0) is 0 Å². The van der Waals surface area contributed by atoms with Crippen molar-refractivity contribution in [3.05, 3.63) is 0 Å². The lowest BCUT2D eigenvalue weighted by molar-refractivity contribution is 0.158. The summed E-state index contributed by atoms with van der Waals surface area (Å²) < 4.78 is 0. The van der Waals surface area contributed by atoms with Crippen LogP contribution in [0.15, 0.2) is 0 Å². The van der Waals surface area contributed by atoms with Crippen molar-refractivity contribution >= 4 is 0 Å². The first-order valence-corrected chi connectivity index (χ1v) is 6.35. The lowest BCUT2D eigenvalue weighted by Gasteiger charge is -2.37. The largest absolute Gasteiger partial charge is 0.315 e. The summed E-state index contributed by atoms with van der Waals surface area (Å²) in [6.45, 7) is 6.62. The minimum atomic E-state index is 0.137. The standard InChI is InChI=1S/C13H25N3/c1-10(2)12(9-14)13(15-3)11-5-7-16(4)8-6-11/h10-13,15H,5-8H2,1-4H3. The smallest absolute Gasteiger partial charge is 0.0675 e. The van der Waals surface area contributed by atoms with Gasteiger partial charge < -0.3 is 10.2 Å². The monoisotopic (exact) mass is 223 g/mol. The molecular formula is C13H25N3. The van der Waals surface area contributed by atoms with Crippen molar-refractivity contribution in [3.8, 4) is 6.07 Å². The molecule has 1 N–H and O–H groups in total. The van der Waals surface area contributed by atoms with Gasteiger partial charge in [-0.2, -0.15) is 5.26 Å². The molecule has 3 heteroatoms. The van der Waals surface area contributed by atoms with Crippen molar-refractivity contribution in [2.24, 2.45) is 17.8 Å². The van der Waals surface area contributed by atoms with Gasteiger partial charge >= 0.3 is 0 Å². The average Bonchev–Trinajstić information content (AvgIpc) is 2.26. The van der Waals surface area contributed by atoms with E-state index in [2.05, 4.69) is 37.2 Å². The molecule has 1 aliphatic rings. The van der Waals surface area contributed by atoms with Crippen molar-refractivity contribution in [1.82, 2.24) is 10.2 Å². The van der Waals surface area contributed by atoms with E-state index in [-0.39, 0.29) is 5.92 Å². The minimum Gasteiger partial charge on any atom is -0.315 e. The van der Waals surface area contributed by atoms with Gasteiger partial charge in [0.05, 0.1) is 12.0 Å². The molecule has 0 spiro atoms. The number of likely N-dealkylation sites (tertiary alicyclic amines) is 1. The summed E-state index contributed by atoms with van der Waals surface area (Å²) in [4.78, 5) is 2.37. The zero-order valence-electron chi connectivity index (χ0n) is 11.0. The van der Waals surface area contributed by atoms with Crippen LogP contribution in [0.3, 0.4) is 0 Å². The predicted octanol–water partition coefficient (Wildman–Crippen LogP) is 1.71. The number of nitriles is 1. The van der Waals surface area contributed by atoms with E-state index in [0.29, 0.717) is 17.9 Å². The quantitative estimate of drug-likeness (QED) is 0.788. The highest BCUT2D eigenvalue weighted by Crippen LogP contribution is 2.27. The Labute approximate surface area is 99.8 Å². The molecule has 1 rings (SSSR count). The molecule has 1 heterocycles. The summed E-state index contributed by atoms with van der Waals surface area (Å²) in [6.07, 6.45) is 2.43. The molecule has 3 nitrogen and oxygen atoms in total. The lowest BCUT2D eigenvalue weighted by atomic mass is 9.78. The summed E-state index contributed by atoms with van der Waals surface area (Å²) in [5.41, 5.74) is 0. The van der Waals surface area contributed by atoms with Crippen LogP contribution >= 0.6 is 0 Å². The Kier molecular flexibility index (Phi) is 5.24. The third-order valence-electron chi connectivity index (χ3n) is 3.86. The minimum absolute atomic E-state index is 0.137. The van der Waals surface area contributed by atoms with Crippen LogP contribution in [0, 0.1) is 29.1 Å². The van der Waals surface area contributed by atoms with Crippen LogP contribution in [0.4, 0.5) is 0 Å². The number of piperidine rings is 1. The SMILES string of the molecule is CNC(C1CCN(C)CC1)C(C#N)C(C)C. The van der Waals surface area contributed by atoms with E-state index in [1.807, 2.05) is 7.05 Å². The van der Waals surface area contributed by atoms with Crippen molar-refractivity contribution in [3.63, 3.8) is 0 Å². The van der Waals surface area contributed by atoms with E-state index in [9.17, 15) is 5.26 Å². The molecular weight excluding hydrogens is 198 g/mol. The molecule has 92 valence electrons. The van der Waals surface area contributed by atoms with Crippen LogP contribution < -0.4 is 5.32 Å². The maximum Gasteiger partial charge on any atom is 0.0675 e. The summed E-state index contributed by atoms with van der Waals surface area (Å²) in [5, 5.41) is 12.7. The average molecular weight is 223 g/mol. The maximum absolute atomic E-state index is 9.28. The number of rotatable bonds is 4. The highest BCUT2D eigenvalue weighted by Gasteiger charge is 2.32. The molecule has 0 aromatic rings. The highest BCUT2D eigenvalue weighted by molar-refractivity contribution is 4.97. The molecule has 0 aliphatic carbocycles. The second-order valence-electron chi connectivity index (χ2n) is 5.35. The molecule has 0 aromatic heterocycles. The first-order valence-electron chi connectivity index (χ1n) is 6.35. The topological polar surface area (TPSA) is 39.1 Å². The van der Waals surface area contributed by atoms with Crippen molar-refractivity contribution in [2.75, 3.05) is 27.2 Å². The first-order chi connectivity index (χ1) is 7.60. The summed E-state index contributed by atoms with van der Waals surface area (Å²) >= 11 is 0. The molecule has 0 bridgehead atoms. The van der Waals surface area contributed by atoms with E-state index in [0.717, 1.165) is 0 Å². The van der Waals surface area contributed by atoms with Crippen LogP contribution in [0.5, 0.6) is 0 Å². The fourth-order valence-electron chi connectivity index (χ4n) is 2.74. The Morgan fingerprint density at radius 3 is 2.25 bits per heavy atom. The third-order valence-corrected chi connectivity index (χ3v) is 3.86. The maximum atomic E-state index is 9.28. The molecule has 1 saturated heterocycles. The van der Waals surface area contributed by atoms with Gasteiger partial charge in [0.2, 0.25) is 0 Å². The van der Waals surface area contributed by atoms with Crippen molar-refractivity contribution < 1.29 is 0 Å². The van der Waals surface area contributed by atoms with Gasteiger partial charge in [-0.25, -0.2) is 0 Å². The molecule has 0 radical (unpaired) electrons. The Morgan fingerprint density at radius 2 is 1.88 bits per heavy atom. The van der Waals surface area contributed by atoms with Crippen LogP contribution in [0.25, 0.3) is 0 Å². The molecule has 2 unspecified atom stereocenters. The molecule has 2 atom stereocenters. The first kappa shape index (κ1) is 13.5. The number of hydrogen-bond acceptors (Lipinski definition) is 3. The predicted molar refractivity (Wildman–Crippen MR) is 67.0 cm³/mol. The van der Waals surface area contributed by atoms with Gasteiger partial charge in [-0.1, -0.05) is 13.8 Å². The van der Waals surface area contributed by atoms with E-state index in [4.69, 9.17) is 0 Å². The fourth-order valence-corrected chi connectivity index (χ4v) is 2.74.